The highest BCUT2D eigenvalue weighted by Crippen LogP contribution is 2.36. The summed E-state index contributed by atoms with van der Waals surface area (Å²) in [4.78, 5) is 14.1. The maximum atomic E-state index is 12.3. The first kappa shape index (κ1) is 18.4. The molecule has 1 amide bonds. The van der Waals surface area contributed by atoms with Gasteiger partial charge in [0.25, 0.3) is 0 Å². The van der Waals surface area contributed by atoms with Crippen molar-refractivity contribution in [1.29, 1.82) is 0 Å². The molecule has 1 aliphatic heterocycles. The Labute approximate surface area is 150 Å². The molecule has 0 radical (unpaired) electrons. The number of carbonyl (C=O) groups excluding carboxylic acids is 1. The number of likely N-dealkylation sites (N-methyl/N-ethyl adjacent to an activating group) is 1. The minimum atomic E-state index is -0.0629. The number of carbonyl (C=O) groups is 1. The molecule has 25 heavy (non-hydrogen) atoms. The van der Waals surface area contributed by atoms with Crippen LogP contribution in [0.1, 0.15) is 57.3 Å². The Morgan fingerprint density at radius 2 is 2.00 bits per heavy atom. The summed E-state index contributed by atoms with van der Waals surface area (Å²) in [7, 11) is 3.85. The van der Waals surface area contributed by atoms with Crippen LogP contribution in [0.15, 0.2) is 6.20 Å². The number of aryl methyl sites for hydroxylation is 1. The van der Waals surface area contributed by atoms with Crippen LogP contribution in [0.3, 0.4) is 0 Å². The van der Waals surface area contributed by atoms with Crippen molar-refractivity contribution in [1.82, 2.24) is 20.0 Å². The molecule has 1 aliphatic carbocycles. The number of hydrogen-bond acceptors (Lipinski definition) is 4. The van der Waals surface area contributed by atoms with E-state index in [1.54, 1.807) is 0 Å². The molecular formula is C19H32N4O2. The molecule has 1 saturated heterocycles. The van der Waals surface area contributed by atoms with Crippen molar-refractivity contribution in [3.8, 4) is 0 Å². The average molecular weight is 348 g/mol. The van der Waals surface area contributed by atoms with Crippen LogP contribution in [0.5, 0.6) is 0 Å². The van der Waals surface area contributed by atoms with Crippen LogP contribution >= 0.6 is 0 Å². The Hall–Kier alpha value is -1.40. The molecule has 1 aromatic heterocycles. The second-order valence-corrected chi connectivity index (χ2v) is 8.67. The van der Waals surface area contributed by atoms with E-state index >= 15 is 0 Å². The fraction of sp³-hybridized carbons (Fsp3) is 0.789. The van der Waals surface area contributed by atoms with Crippen LogP contribution in [0.4, 0.5) is 0 Å². The third-order valence-electron chi connectivity index (χ3n) is 5.56. The van der Waals surface area contributed by atoms with E-state index in [-0.39, 0.29) is 23.6 Å². The van der Waals surface area contributed by atoms with E-state index in [9.17, 15) is 4.79 Å². The van der Waals surface area contributed by atoms with Crippen molar-refractivity contribution in [3.05, 3.63) is 17.5 Å². The van der Waals surface area contributed by atoms with Crippen LogP contribution in [0.2, 0.25) is 0 Å². The molecule has 1 N–H and O–H groups in total. The molecule has 6 nitrogen and oxygen atoms in total. The van der Waals surface area contributed by atoms with Gasteiger partial charge in [-0.15, -0.1) is 0 Å². The van der Waals surface area contributed by atoms with Gasteiger partial charge in [-0.1, -0.05) is 0 Å². The van der Waals surface area contributed by atoms with Crippen molar-refractivity contribution in [2.75, 3.05) is 13.6 Å². The molecular weight excluding hydrogens is 316 g/mol. The van der Waals surface area contributed by atoms with Crippen LogP contribution < -0.4 is 5.32 Å². The van der Waals surface area contributed by atoms with E-state index in [1.807, 2.05) is 29.9 Å². The zero-order valence-corrected chi connectivity index (χ0v) is 16.4. The highest BCUT2D eigenvalue weighted by atomic mass is 16.5. The van der Waals surface area contributed by atoms with Gasteiger partial charge in [0, 0.05) is 37.8 Å². The Morgan fingerprint density at radius 1 is 1.32 bits per heavy atom. The van der Waals surface area contributed by atoms with Crippen molar-refractivity contribution < 1.29 is 9.53 Å². The van der Waals surface area contributed by atoms with Gasteiger partial charge in [-0.05, 0) is 53.0 Å². The molecule has 2 fully saturated rings. The van der Waals surface area contributed by atoms with Gasteiger partial charge < -0.3 is 15.0 Å². The first-order valence-electron chi connectivity index (χ1n) is 9.31. The SMILES string of the molecule is Cc1c([C@@H]2[C@@H](NCC3CC(OC(C)(C)C)C3)CC(=O)N2C)cnn1C. The number of nitrogens with one attached hydrogen (secondary N) is 1. The number of hydrogen-bond donors (Lipinski definition) is 1. The molecule has 1 aromatic rings. The third-order valence-corrected chi connectivity index (χ3v) is 5.56. The van der Waals surface area contributed by atoms with Crippen LogP contribution in [0, 0.1) is 12.8 Å². The van der Waals surface area contributed by atoms with E-state index < -0.39 is 0 Å². The molecule has 0 aromatic carbocycles. The smallest absolute Gasteiger partial charge is 0.224 e. The standard InChI is InChI=1S/C19H32N4O2/c1-12-15(11-21-23(12)6)18-16(9-17(24)22(18)5)20-10-13-7-14(8-13)25-19(2,3)4/h11,13-14,16,18,20H,7-10H2,1-6H3/t13?,14?,16-,18+/m0/s1. The van der Waals surface area contributed by atoms with Gasteiger partial charge in [0.2, 0.25) is 5.91 Å². The second kappa shape index (κ2) is 6.72. The van der Waals surface area contributed by atoms with Gasteiger partial charge in [-0.25, -0.2) is 0 Å². The zero-order chi connectivity index (χ0) is 18.4. The summed E-state index contributed by atoms with van der Waals surface area (Å²) < 4.78 is 7.90. The van der Waals surface area contributed by atoms with E-state index in [2.05, 4.69) is 38.1 Å². The molecule has 140 valence electrons. The van der Waals surface area contributed by atoms with E-state index in [1.165, 1.54) is 0 Å². The summed E-state index contributed by atoms with van der Waals surface area (Å²) in [5, 5.41) is 8.01. The first-order chi connectivity index (χ1) is 11.7. The highest BCUT2D eigenvalue weighted by molar-refractivity contribution is 5.80. The predicted octanol–water partition coefficient (Wildman–Crippen LogP) is 2.18. The number of amides is 1. The summed E-state index contributed by atoms with van der Waals surface area (Å²) in [5.74, 6) is 0.845. The minimum Gasteiger partial charge on any atom is -0.373 e. The fourth-order valence-electron chi connectivity index (χ4n) is 4.04. The maximum Gasteiger partial charge on any atom is 0.224 e. The van der Waals surface area contributed by atoms with Crippen molar-refractivity contribution >= 4 is 5.91 Å². The molecule has 2 heterocycles. The lowest BCUT2D eigenvalue weighted by molar-refractivity contribution is -0.127. The maximum absolute atomic E-state index is 12.3. The molecule has 0 spiro atoms. The Balaban J connectivity index is 1.57. The molecule has 6 heteroatoms. The average Bonchev–Trinajstić information content (AvgIpc) is 2.93. The molecule has 2 aliphatic rings. The van der Waals surface area contributed by atoms with Crippen LogP contribution in [-0.4, -0.2) is 51.9 Å². The Bertz CT molecular complexity index is 628. The number of likely N-dealkylation sites (tertiary alicyclic amines) is 1. The van der Waals surface area contributed by atoms with Crippen LogP contribution in [0.25, 0.3) is 0 Å². The molecule has 3 rings (SSSR count). The zero-order valence-electron chi connectivity index (χ0n) is 16.4. The summed E-state index contributed by atoms with van der Waals surface area (Å²) in [5.41, 5.74) is 2.21. The van der Waals surface area contributed by atoms with Crippen molar-refractivity contribution in [2.24, 2.45) is 13.0 Å². The van der Waals surface area contributed by atoms with E-state index in [0.717, 1.165) is 30.6 Å². The van der Waals surface area contributed by atoms with Crippen molar-refractivity contribution in [2.45, 2.75) is 70.7 Å². The monoisotopic (exact) mass is 348 g/mol. The van der Waals surface area contributed by atoms with Crippen molar-refractivity contribution in [3.63, 3.8) is 0 Å². The van der Waals surface area contributed by atoms with Gasteiger partial charge in [0.15, 0.2) is 0 Å². The lowest BCUT2D eigenvalue weighted by Gasteiger charge is -2.40. The fourth-order valence-corrected chi connectivity index (χ4v) is 4.04. The second-order valence-electron chi connectivity index (χ2n) is 8.67. The molecule has 0 unspecified atom stereocenters. The lowest BCUT2D eigenvalue weighted by Crippen LogP contribution is -2.44. The quantitative estimate of drug-likeness (QED) is 0.886. The largest absolute Gasteiger partial charge is 0.373 e. The van der Waals surface area contributed by atoms with Gasteiger partial charge in [0.05, 0.1) is 23.9 Å². The summed E-state index contributed by atoms with van der Waals surface area (Å²) >= 11 is 0. The van der Waals surface area contributed by atoms with Crippen LogP contribution in [-0.2, 0) is 16.6 Å². The number of nitrogens with zero attached hydrogens (tertiary/aromatic N) is 3. The van der Waals surface area contributed by atoms with E-state index in [0.29, 0.717) is 18.4 Å². The number of ether oxygens (including phenoxy) is 1. The molecule has 2 atom stereocenters. The Kier molecular flexibility index (Phi) is 4.95. The highest BCUT2D eigenvalue weighted by Gasteiger charge is 2.41. The normalized spacial score (nSPS) is 30.0. The lowest BCUT2D eigenvalue weighted by atomic mass is 9.81. The van der Waals surface area contributed by atoms with Gasteiger partial charge >= 0.3 is 0 Å². The predicted molar refractivity (Wildman–Crippen MR) is 97.2 cm³/mol. The van der Waals surface area contributed by atoms with Gasteiger partial charge in [-0.3, -0.25) is 9.48 Å². The van der Waals surface area contributed by atoms with E-state index in [4.69, 9.17) is 4.74 Å². The summed E-state index contributed by atoms with van der Waals surface area (Å²) in [6, 6.07) is 0.228. The molecule has 1 saturated carbocycles. The van der Waals surface area contributed by atoms with Gasteiger partial charge in [0.1, 0.15) is 0 Å². The molecule has 0 bridgehead atoms. The topological polar surface area (TPSA) is 59.4 Å². The number of aromatic nitrogens is 2. The Morgan fingerprint density at radius 3 is 2.56 bits per heavy atom. The summed E-state index contributed by atoms with van der Waals surface area (Å²) in [6.07, 6.45) is 5.06. The number of rotatable bonds is 5. The summed E-state index contributed by atoms with van der Waals surface area (Å²) in [6.45, 7) is 9.35. The minimum absolute atomic E-state index is 0.0629. The van der Waals surface area contributed by atoms with Gasteiger partial charge in [-0.2, -0.15) is 5.10 Å². The third kappa shape index (κ3) is 3.90. The first-order valence-corrected chi connectivity index (χ1v) is 9.31.